The summed E-state index contributed by atoms with van der Waals surface area (Å²) in [7, 11) is 0. The van der Waals surface area contributed by atoms with Gasteiger partial charge < -0.3 is 15.6 Å². The molecule has 3 N–H and O–H groups in total. The molecule has 21 heavy (non-hydrogen) atoms. The van der Waals surface area contributed by atoms with E-state index in [0.29, 0.717) is 5.69 Å². The average Bonchev–Trinajstić information content (AvgIpc) is 2.84. The zero-order valence-corrected chi connectivity index (χ0v) is 11.6. The molecule has 0 aliphatic heterocycles. The van der Waals surface area contributed by atoms with Gasteiger partial charge in [-0.15, -0.1) is 0 Å². The molecule has 5 heteroatoms. The lowest BCUT2D eigenvalue weighted by molar-refractivity contribution is -0.122. The first-order valence-corrected chi connectivity index (χ1v) is 6.94. The monoisotopic (exact) mass is 283 g/mol. The lowest BCUT2D eigenvalue weighted by Gasteiger charge is -2.13. The van der Waals surface area contributed by atoms with Gasteiger partial charge in [-0.25, -0.2) is 0 Å². The molecular weight excluding hydrogens is 266 g/mol. The number of nitrogen functional groups attached to an aromatic ring is 1. The number of fused-ring (bicyclic) bond motifs is 1. The molecule has 0 bridgehead atoms. The number of nitrogens with zero attached hydrogens (tertiary/aromatic N) is 1. The van der Waals surface area contributed by atoms with Crippen LogP contribution in [0.15, 0.2) is 47.4 Å². The quantitative estimate of drug-likeness (QED) is 0.871. The second kappa shape index (κ2) is 5.44. The maximum Gasteiger partial charge on any atom is 0.251 e. The highest BCUT2D eigenvalue weighted by Crippen LogP contribution is 2.21. The first-order valence-electron chi connectivity index (χ1n) is 6.94. The van der Waals surface area contributed by atoms with Crippen molar-refractivity contribution in [3.63, 3.8) is 0 Å². The number of hydrogen-bond acceptors (Lipinski definition) is 3. The van der Waals surface area contributed by atoms with Gasteiger partial charge in [-0.3, -0.25) is 9.59 Å². The Morgan fingerprint density at radius 1 is 1.19 bits per heavy atom. The molecule has 1 aromatic heterocycles. The minimum atomic E-state index is -0.228. The number of rotatable bonds is 3. The summed E-state index contributed by atoms with van der Waals surface area (Å²) in [6.45, 7) is -0.00326. The second-order valence-electron chi connectivity index (χ2n) is 5.37. The minimum absolute atomic E-state index is 0.00326. The number of hydrogen-bond donors (Lipinski definition) is 2. The van der Waals surface area contributed by atoms with Crippen LogP contribution in [-0.4, -0.2) is 16.5 Å². The van der Waals surface area contributed by atoms with E-state index >= 15 is 0 Å². The van der Waals surface area contributed by atoms with Crippen LogP contribution in [0.1, 0.15) is 11.1 Å². The summed E-state index contributed by atoms with van der Waals surface area (Å²) in [5.74, 6) is -0.166. The number of nitrogens with two attached hydrogens (primary N) is 1. The fourth-order valence-corrected chi connectivity index (χ4v) is 2.76. The van der Waals surface area contributed by atoms with Crippen LogP contribution >= 0.6 is 0 Å². The van der Waals surface area contributed by atoms with Gasteiger partial charge in [0.05, 0.1) is 0 Å². The van der Waals surface area contributed by atoms with Crippen molar-refractivity contribution in [2.24, 2.45) is 0 Å². The third-order valence-corrected chi connectivity index (χ3v) is 3.74. The Labute approximate surface area is 122 Å². The van der Waals surface area contributed by atoms with E-state index in [4.69, 9.17) is 5.73 Å². The van der Waals surface area contributed by atoms with E-state index in [1.807, 2.05) is 12.1 Å². The predicted octanol–water partition coefficient (Wildman–Crippen LogP) is 0.714. The molecule has 3 rings (SSSR count). The normalized spacial score (nSPS) is 13.9. The van der Waals surface area contributed by atoms with Gasteiger partial charge in [-0.2, -0.15) is 0 Å². The average molecular weight is 283 g/mol. The largest absolute Gasteiger partial charge is 0.398 e. The molecule has 1 aliphatic carbocycles. The van der Waals surface area contributed by atoms with Crippen molar-refractivity contribution in [1.29, 1.82) is 0 Å². The molecule has 0 saturated heterocycles. The summed E-state index contributed by atoms with van der Waals surface area (Å²) in [5, 5.41) is 2.98. The number of nitrogens with one attached hydrogen (secondary N) is 1. The molecule has 5 nitrogen and oxygen atoms in total. The Morgan fingerprint density at radius 3 is 2.52 bits per heavy atom. The molecule has 108 valence electrons. The van der Waals surface area contributed by atoms with Crippen molar-refractivity contribution in [2.45, 2.75) is 25.4 Å². The first-order chi connectivity index (χ1) is 10.1. The topological polar surface area (TPSA) is 77.1 Å². The van der Waals surface area contributed by atoms with E-state index in [-0.39, 0.29) is 24.1 Å². The van der Waals surface area contributed by atoms with Gasteiger partial charge in [0.25, 0.3) is 5.56 Å². The Kier molecular flexibility index (Phi) is 3.48. The molecule has 1 heterocycles. The highest BCUT2D eigenvalue weighted by Gasteiger charge is 2.22. The van der Waals surface area contributed by atoms with Gasteiger partial charge in [0.1, 0.15) is 6.54 Å². The third-order valence-electron chi connectivity index (χ3n) is 3.74. The second-order valence-corrected chi connectivity index (χ2v) is 5.37. The summed E-state index contributed by atoms with van der Waals surface area (Å²) in [5.41, 5.74) is 8.44. The molecular formula is C16H17N3O2. The van der Waals surface area contributed by atoms with Gasteiger partial charge in [0.2, 0.25) is 5.91 Å². The van der Waals surface area contributed by atoms with Crippen molar-refractivity contribution in [2.75, 3.05) is 5.73 Å². The Hall–Kier alpha value is -2.56. The number of amides is 1. The standard InChI is InChI=1S/C16H17N3O2/c17-13-5-6-16(21)19(9-13)10-15(20)18-14-7-11-3-1-2-4-12(11)8-14/h1-6,9,14H,7-8,10,17H2,(H,18,20). The van der Waals surface area contributed by atoms with Crippen molar-refractivity contribution in [1.82, 2.24) is 9.88 Å². The molecule has 0 fully saturated rings. The van der Waals surface area contributed by atoms with E-state index < -0.39 is 0 Å². The summed E-state index contributed by atoms with van der Waals surface area (Å²) in [6, 6.07) is 11.2. The lowest BCUT2D eigenvalue weighted by Crippen LogP contribution is -2.39. The summed E-state index contributed by atoms with van der Waals surface area (Å²) >= 11 is 0. The zero-order valence-electron chi connectivity index (χ0n) is 11.6. The maximum absolute atomic E-state index is 12.1. The van der Waals surface area contributed by atoms with Crippen molar-refractivity contribution in [3.05, 3.63) is 64.1 Å². The Balaban J connectivity index is 1.63. The van der Waals surface area contributed by atoms with Crippen molar-refractivity contribution < 1.29 is 4.79 Å². The third kappa shape index (κ3) is 2.97. The lowest BCUT2D eigenvalue weighted by atomic mass is 10.1. The number of anilines is 1. The molecule has 1 aromatic carbocycles. The molecule has 2 aromatic rings. The summed E-state index contributed by atoms with van der Waals surface area (Å²) in [6.07, 6.45) is 3.17. The van der Waals surface area contributed by atoms with Crippen LogP contribution in [0.25, 0.3) is 0 Å². The van der Waals surface area contributed by atoms with Gasteiger partial charge in [-0.1, -0.05) is 24.3 Å². The maximum atomic E-state index is 12.1. The number of carbonyl (C=O) groups is 1. The van der Waals surface area contributed by atoms with Crippen LogP contribution in [0.5, 0.6) is 0 Å². The van der Waals surface area contributed by atoms with Crippen molar-refractivity contribution in [3.8, 4) is 0 Å². The van der Waals surface area contributed by atoms with Crippen LogP contribution in [0.2, 0.25) is 0 Å². The molecule has 0 atom stereocenters. The SMILES string of the molecule is Nc1ccc(=O)n(CC(=O)NC2Cc3ccccc3C2)c1. The smallest absolute Gasteiger partial charge is 0.251 e. The fraction of sp³-hybridized carbons (Fsp3) is 0.250. The molecule has 0 saturated carbocycles. The van der Waals surface area contributed by atoms with Gasteiger partial charge >= 0.3 is 0 Å². The summed E-state index contributed by atoms with van der Waals surface area (Å²) < 4.78 is 1.33. The van der Waals surface area contributed by atoms with Crippen LogP contribution < -0.4 is 16.6 Å². The minimum Gasteiger partial charge on any atom is -0.398 e. The van der Waals surface area contributed by atoms with E-state index in [9.17, 15) is 9.59 Å². The number of benzene rings is 1. The fourth-order valence-electron chi connectivity index (χ4n) is 2.76. The Bertz CT molecular complexity index is 711. The molecule has 1 aliphatic rings. The van der Waals surface area contributed by atoms with Gasteiger partial charge in [0, 0.05) is 24.0 Å². The molecule has 1 amide bonds. The van der Waals surface area contributed by atoms with Gasteiger partial charge in [-0.05, 0) is 30.0 Å². The highest BCUT2D eigenvalue weighted by molar-refractivity contribution is 5.76. The summed E-state index contributed by atoms with van der Waals surface area (Å²) in [4.78, 5) is 23.7. The number of aromatic nitrogens is 1. The van der Waals surface area contributed by atoms with E-state index in [2.05, 4.69) is 17.4 Å². The molecule has 0 spiro atoms. The first kappa shape index (κ1) is 13.4. The predicted molar refractivity (Wildman–Crippen MR) is 80.9 cm³/mol. The van der Waals surface area contributed by atoms with Crippen LogP contribution in [-0.2, 0) is 24.2 Å². The van der Waals surface area contributed by atoms with E-state index in [1.165, 1.54) is 34.0 Å². The van der Waals surface area contributed by atoms with Crippen LogP contribution in [0, 0.1) is 0 Å². The molecule has 0 unspecified atom stereocenters. The molecule has 0 radical (unpaired) electrons. The van der Waals surface area contributed by atoms with E-state index in [1.54, 1.807) is 0 Å². The zero-order chi connectivity index (χ0) is 14.8. The number of pyridine rings is 1. The van der Waals surface area contributed by atoms with Crippen LogP contribution in [0.4, 0.5) is 5.69 Å². The van der Waals surface area contributed by atoms with E-state index in [0.717, 1.165) is 12.8 Å². The highest BCUT2D eigenvalue weighted by atomic mass is 16.2. The van der Waals surface area contributed by atoms with Crippen molar-refractivity contribution >= 4 is 11.6 Å². The number of carbonyl (C=O) groups excluding carboxylic acids is 1. The van der Waals surface area contributed by atoms with Crippen LogP contribution in [0.3, 0.4) is 0 Å². The Morgan fingerprint density at radius 2 is 1.86 bits per heavy atom. The van der Waals surface area contributed by atoms with Gasteiger partial charge in [0.15, 0.2) is 0 Å².